The van der Waals surface area contributed by atoms with Crippen LogP contribution in [0.15, 0.2) is 53.4 Å². The van der Waals surface area contributed by atoms with Crippen LogP contribution in [0.2, 0.25) is 0 Å². The molecule has 21 heavy (non-hydrogen) atoms. The molecule has 0 aliphatic carbocycles. The Balaban J connectivity index is 1.55. The molecule has 2 aromatic rings. The van der Waals surface area contributed by atoms with E-state index in [4.69, 9.17) is 4.74 Å². The summed E-state index contributed by atoms with van der Waals surface area (Å²) in [5.74, 6) is 1.61. The van der Waals surface area contributed by atoms with E-state index in [0.29, 0.717) is 11.2 Å². The first kappa shape index (κ1) is 14.5. The lowest BCUT2D eigenvalue weighted by Crippen LogP contribution is -2.13. The highest BCUT2D eigenvalue weighted by molar-refractivity contribution is 8.00. The van der Waals surface area contributed by atoms with Gasteiger partial charge in [-0.05, 0) is 48.1 Å². The lowest BCUT2D eigenvalue weighted by atomic mass is 9.99. The normalized spacial score (nSPS) is 18.3. The van der Waals surface area contributed by atoms with Crippen LogP contribution in [0.25, 0.3) is 0 Å². The Labute approximate surface area is 131 Å². The minimum absolute atomic E-state index is 0.539. The molecule has 1 nitrogen and oxygen atoms in total. The fourth-order valence-electron chi connectivity index (χ4n) is 2.66. The fourth-order valence-corrected chi connectivity index (χ4v) is 3.88. The zero-order valence-electron chi connectivity index (χ0n) is 12.7. The van der Waals surface area contributed by atoms with Gasteiger partial charge < -0.3 is 4.74 Å². The Hall–Kier alpha value is -1.41. The van der Waals surface area contributed by atoms with Crippen molar-refractivity contribution in [3.05, 3.63) is 59.7 Å². The number of rotatable bonds is 5. The number of fused-ring (bicyclic) bond motifs is 1. The summed E-state index contributed by atoms with van der Waals surface area (Å²) < 4.78 is 5.97. The zero-order chi connectivity index (χ0) is 14.7. The monoisotopic (exact) mass is 298 g/mol. The van der Waals surface area contributed by atoms with E-state index >= 15 is 0 Å². The van der Waals surface area contributed by atoms with Crippen LogP contribution in [-0.4, -0.2) is 11.9 Å². The first-order valence-electron chi connectivity index (χ1n) is 7.73. The summed E-state index contributed by atoms with van der Waals surface area (Å²) in [6.45, 7) is 5.27. The highest BCUT2D eigenvalue weighted by Crippen LogP contribution is 2.36. The molecule has 0 N–H and O–H groups in total. The van der Waals surface area contributed by atoms with Gasteiger partial charge in [0.05, 0.1) is 0 Å². The average Bonchev–Trinajstić information content (AvgIpc) is 2.95. The minimum Gasteiger partial charge on any atom is -0.492 e. The van der Waals surface area contributed by atoms with Gasteiger partial charge in [0.2, 0.25) is 0 Å². The summed E-state index contributed by atoms with van der Waals surface area (Å²) in [5.41, 5.74) is 2.86. The Kier molecular flexibility index (Phi) is 4.54. The number of ether oxygens (including phenoxy) is 1. The Morgan fingerprint density at radius 2 is 1.90 bits per heavy atom. The maximum absolute atomic E-state index is 5.97. The topological polar surface area (TPSA) is 9.23 Å². The fraction of sp³-hybridized carbons (Fsp3) is 0.368. The van der Waals surface area contributed by atoms with E-state index < -0.39 is 0 Å². The van der Waals surface area contributed by atoms with Crippen molar-refractivity contribution in [2.45, 2.75) is 42.8 Å². The van der Waals surface area contributed by atoms with Gasteiger partial charge in [-0.25, -0.2) is 0 Å². The van der Waals surface area contributed by atoms with E-state index in [1.807, 2.05) is 11.8 Å². The van der Waals surface area contributed by atoms with Gasteiger partial charge in [-0.15, -0.1) is 11.8 Å². The van der Waals surface area contributed by atoms with Crippen molar-refractivity contribution >= 4 is 11.8 Å². The van der Waals surface area contributed by atoms with Gasteiger partial charge in [0, 0.05) is 10.1 Å². The number of thioether (sulfide) groups is 1. The van der Waals surface area contributed by atoms with Crippen molar-refractivity contribution in [1.29, 1.82) is 0 Å². The number of hydrogen-bond acceptors (Lipinski definition) is 2. The summed E-state index contributed by atoms with van der Waals surface area (Å²) in [4.78, 5) is 1.42. The molecule has 0 fully saturated rings. The SMILES string of the molecule is CCC(C)c1ccc(OCC2Cc3ccccc3S2)cc1. The molecule has 0 saturated heterocycles. The van der Waals surface area contributed by atoms with Crippen molar-refractivity contribution in [3.8, 4) is 5.75 Å². The third-order valence-electron chi connectivity index (χ3n) is 4.21. The molecule has 1 aliphatic heterocycles. The Bertz CT molecular complexity index is 566. The van der Waals surface area contributed by atoms with E-state index in [0.717, 1.165) is 18.8 Å². The van der Waals surface area contributed by atoms with E-state index in [9.17, 15) is 0 Å². The molecule has 2 atom stereocenters. The van der Waals surface area contributed by atoms with E-state index in [1.165, 1.54) is 22.4 Å². The van der Waals surface area contributed by atoms with Crippen LogP contribution < -0.4 is 4.74 Å². The number of hydrogen-bond donors (Lipinski definition) is 0. The molecule has 0 aromatic heterocycles. The van der Waals surface area contributed by atoms with E-state index in [-0.39, 0.29) is 0 Å². The molecule has 2 unspecified atom stereocenters. The van der Waals surface area contributed by atoms with Gasteiger partial charge in [0.15, 0.2) is 0 Å². The highest BCUT2D eigenvalue weighted by atomic mass is 32.2. The first-order valence-corrected chi connectivity index (χ1v) is 8.61. The molecule has 1 heterocycles. The third-order valence-corrected chi connectivity index (χ3v) is 5.50. The standard InChI is InChI=1S/C19H22OS/c1-3-14(2)15-8-10-17(11-9-15)20-13-18-12-16-6-4-5-7-19(16)21-18/h4-11,14,18H,3,12-13H2,1-2H3. The molecular formula is C19H22OS. The summed E-state index contributed by atoms with van der Waals surface area (Å²) in [6, 6.07) is 17.3. The van der Waals surface area contributed by atoms with Crippen molar-refractivity contribution < 1.29 is 4.74 Å². The molecule has 2 aromatic carbocycles. The van der Waals surface area contributed by atoms with Crippen LogP contribution in [0.4, 0.5) is 0 Å². The lowest BCUT2D eigenvalue weighted by Gasteiger charge is -2.13. The smallest absolute Gasteiger partial charge is 0.119 e. The molecule has 0 amide bonds. The molecule has 110 valence electrons. The maximum Gasteiger partial charge on any atom is 0.119 e. The van der Waals surface area contributed by atoms with Gasteiger partial charge >= 0.3 is 0 Å². The largest absolute Gasteiger partial charge is 0.492 e. The summed E-state index contributed by atoms with van der Waals surface area (Å²) in [7, 11) is 0. The number of benzene rings is 2. The second-order valence-corrected chi connectivity index (χ2v) is 7.08. The highest BCUT2D eigenvalue weighted by Gasteiger charge is 2.22. The van der Waals surface area contributed by atoms with Crippen molar-refractivity contribution in [1.82, 2.24) is 0 Å². The molecule has 0 spiro atoms. The van der Waals surface area contributed by atoms with Crippen LogP contribution >= 0.6 is 11.8 Å². The predicted octanol–water partition coefficient (Wildman–Crippen LogP) is 5.30. The van der Waals surface area contributed by atoms with Crippen LogP contribution in [0, 0.1) is 0 Å². The minimum atomic E-state index is 0.539. The predicted molar refractivity (Wildman–Crippen MR) is 90.4 cm³/mol. The van der Waals surface area contributed by atoms with Gasteiger partial charge in [0.1, 0.15) is 12.4 Å². The van der Waals surface area contributed by atoms with Crippen LogP contribution in [-0.2, 0) is 6.42 Å². The lowest BCUT2D eigenvalue weighted by molar-refractivity contribution is 0.317. The summed E-state index contributed by atoms with van der Waals surface area (Å²) >= 11 is 1.94. The molecule has 0 bridgehead atoms. The summed E-state index contributed by atoms with van der Waals surface area (Å²) in [6.07, 6.45) is 2.29. The summed E-state index contributed by atoms with van der Waals surface area (Å²) in [5, 5.41) is 0.539. The third kappa shape index (κ3) is 3.44. The van der Waals surface area contributed by atoms with Gasteiger partial charge in [0.25, 0.3) is 0 Å². The van der Waals surface area contributed by atoms with Gasteiger partial charge in [-0.1, -0.05) is 44.2 Å². The van der Waals surface area contributed by atoms with Crippen molar-refractivity contribution in [2.75, 3.05) is 6.61 Å². The van der Waals surface area contributed by atoms with Crippen LogP contribution in [0.3, 0.4) is 0 Å². The van der Waals surface area contributed by atoms with Crippen LogP contribution in [0.5, 0.6) is 5.75 Å². The molecule has 1 aliphatic rings. The maximum atomic E-state index is 5.97. The second-order valence-electron chi connectivity index (χ2n) is 5.74. The molecule has 0 saturated carbocycles. The van der Waals surface area contributed by atoms with E-state index in [1.54, 1.807) is 0 Å². The zero-order valence-corrected chi connectivity index (χ0v) is 13.5. The van der Waals surface area contributed by atoms with Crippen molar-refractivity contribution in [2.24, 2.45) is 0 Å². The molecule has 3 rings (SSSR count). The van der Waals surface area contributed by atoms with Gasteiger partial charge in [-0.2, -0.15) is 0 Å². The average molecular weight is 298 g/mol. The van der Waals surface area contributed by atoms with E-state index in [2.05, 4.69) is 62.4 Å². The van der Waals surface area contributed by atoms with Crippen LogP contribution in [0.1, 0.15) is 37.3 Å². The molecular weight excluding hydrogens is 276 g/mol. The van der Waals surface area contributed by atoms with Gasteiger partial charge in [-0.3, -0.25) is 0 Å². The van der Waals surface area contributed by atoms with Crippen molar-refractivity contribution in [3.63, 3.8) is 0 Å². The second kappa shape index (κ2) is 6.57. The first-order chi connectivity index (χ1) is 10.3. The molecule has 0 radical (unpaired) electrons. The quantitative estimate of drug-likeness (QED) is 0.741. The Morgan fingerprint density at radius 1 is 1.14 bits per heavy atom. The Morgan fingerprint density at radius 3 is 2.62 bits per heavy atom. The molecule has 2 heteroatoms.